The summed E-state index contributed by atoms with van der Waals surface area (Å²) in [5, 5.41) is 0. The molecule has 3 nitrogen and oxygen atoms in total. The Balaban J connectivity index is 1.82. The molecule has 0 radical (unpaired) electrons. The lowest BCUT2D eigenvalue weighted by Crippen LogP contribution is -2.51. The molecule has 4 heteroatoms. The van der Waals surface area contributed by atoms with E-state index in [4.69, 9.17) is 0 Å². The summed E-state index contributed by atoms with van der Waals surface area (Å²) in [6, 6.07) is 0.109. The summed E-state index contributed by atoms with van der Waals surface area (Å²) >= 11 is 0. The van der Waals surface area contributed by atoms with Gasteiger partial charge in [0.1, 0.15) is 5.83 Å². The Kier molecular flexibility index (Phi) is 7.63. The average Bonchev–Trinajstić information content (AvgIpc) is 2.55. The van der Waals surface area contributed by atoms with Gasteiger partial charge >= 0.3 is 0 Å². The molecule has 2 rings (SSSR count). The van der Waals surface area contributed by atoms with Gasteiger partial charge in [-0.25, -0.2) is 4.39 Å². The number of ketones is 1. The number of hydrogen-bond acceptors (Lipinski definition) is 3. The van der Waals surface area contributed by atoms with Crippen molar-refractivity contribution in [1.29, 1.82) is 0 Å². The molecule has 0 N–H and O–H groups in total. The van der Waals surface area contributed by atoms with Crippen LogP contribution in [0.5, 0.6) is 0 Å². The van der Waals surface area contributed by atoms with Crippen molar-refractivity contribution in [3.05, 3.63) is 23.6 Å². The molecule has 1 aliphatic heterocycles. The summed E-state index contributed by atoms with van der Waals surface area (Å²) in [6.45, 7) is 11.3. The maximum absolute atomic E-state index is 14.1. The van der Waals surface area contributed by atoms with Crippen molar-refractivity contribution >= 4 is 5.78 Å². The van der Waals surface area contributed by atoms with Gasteiger partial charge in [0.25, 0.3) is 0 Å². The Hall–Kier alpha value is -1.00. The van der Waals surface area contributed by atoms with Crippen molar-refractivity contribution < 1.29 is 9.18 Å². The van der Waals surface area contributed by atoms with Gasteiger partial charge in [-0.1, -0.05) is 32.8 Å². The first-order chi connectivity index (χ1) is 11.5. The molecule has 1 aliphatic carbocycles. The van der Waals surface area contributed by atoms with Crippen molar-refractivity contribution in [3.63, 3.8) is 0 Å². The average molecular weight is 336 g/mol. The molecular formula is C20H33FN2O. The molecule has 0 aromatic rings. The number of Topliss-reactive ketones (excluding diaryl/α,β-unsaturated/α-hetero) is 1. The van der Waals surface area contributed by atoms with Crippen molar-refractivity contribution in [1.82, 2.24) is 9.80 Å². The summed E-state index contributed by atoms with van der Waals surface area (Å²) < 4.78 is 14.1. The van der Waals surface area contributed by atoms with Crippen LogP contribution in [0, 0.1) is 5.92 Å². The number of allylic oxidation sites excluding steroid dienone is 2. The van der Waals surface area contributed by atoms with Gasteiger partial charge in [0, 0.05) is 44.3 Å². The van der Waals surface area contributed by atoms with Gasteiger partial charge in [-0.15, -0.1) is 0 Å². The van der Waals surface area contributed by atoms with E-state index in [1.165, 1.54) is 39.2 Å². The zero-order chi connectivity index (χ0) is 17.5. The van der Waals surface area contributed by atoms with Crippen LogP contribution in [0.2, 0.25) is 0 Å². The van der Waals surface area contributed by atoms with Gasteiger partial charge in [0.05, 0.1) is 0 Å². The van der Waals surface area contributed by atoms with Crippen molar-refractivity contribution in [2.75, 3.05) is 32.7 Å². The molecule has 0 spiro atoms. The number of carbonyl (C=O) groups is 1. The summed E-state index contributed by atoms with van der Waals surface area (Å²) in [5.74, 6) is 0.302. The van der Waals surface area contributed by atoms with E-state index < -0.39 is 0 Å². The highest BCUT2D eigenvalue weighted by molar-refractivity contribution is 5.97. The second kappa shape index (κ2) is 9.47. The van der Waals surface area contributed by atoms with Crippen LogP contribution >= 0.6 is 0 Å². The Bertz CT molecular complexity index is 472. The number of halogens is 1. The van der Waals surface area contributed by atoms with Crippen LogP contribution in [0.1, 0.15) is 52.9 Å². The molecule has 2 aliphatic rings. The van der Waals surface area contributed by atoms with Crippen LogP contribution in [0.4, 0.5) is 4.39 Å². The Labute approximate surface area is 146 Å². The lowest BCUT2D eigenvalue weighted by molar-refractivity contribution is -0.113. The fraction of sp³-hybridized carbons (Fsp3) is 0.750. The van der Waals surface area contributed by atoms with E-state index >= 15 is 0 Å². The Morgan fingerprint density at radius 3 is 2.33 bits per heavy atom. The van der Waals surface area contributed by atoms with Crippen LogP contribution in [-0.2, 0) is 4.79 Å². The fourth-order valence-electron chi connectivity index (χ4n) is 4.02. The molecule has 0 bridgehead atoms. The second-order valence-electron chi connectivity index (χ2n) is 7.27. The third-order valence-corrected chi connectivity index (χ3v) is 5.32. The molecule has 1 fully saturated rings. The number of rotatable bonds is 8. The molecule has 0 aromatic heterocycles. The van der Waals surface area contributed by atoms with E-state index in [9.17, 15) is 9.18 Å². The van der Waals surface area contributed by atoms with E-state index in [-0.39, 0.29) is 23.2 Å². The second-order valence-corrected chi connectivity index (χ2v) is 7.27. The van der Waals surface area contributed by atoms with Crippen LogP contribution in [0.15, 0.2) is 23.6 Å². The molecule has 1 heterocycles. The monoisotopic (exact) mass is 336 g/mol. The molecule has 0 aromatic carbocycles. The normalized spacial score (nSPS) is 23.3. The summed E-state index contributed by atoms with van der Waals surface area (Å²) in [4.78, 5) is 16.3. The first-order valence-electron chi connectivity index (χ1n) is 9.60. The highest BCUT2D eigenvalue weighted by Crippen LogP contribution is 2.25. The van der Waals surface area contributed by atoms with Crippen molar-refractivity contribution in [2.45, 2.75) is 58.9 Å². The topological polar surface area (TPSA) is 23.6 Å². The molecular weight excluding hydrogens is 303 g/mol. The molecule has 1 atom stereocenters. The standard InChI is InChI=1S/C20H33FN2O/c1-4-6-17(7-5-2)15-22-10-12-23(13-11-22)18-8-9-19(16(3)24)20(21)14-18/h9,14,17-18H,4-8,10-13,15H2,1-3H3/t18-/m1/s1. The summed E-state index contributed by atoms with van der Waals surface area (Å²) in [5.41, 5.74) is 0.256. The zero-order valence-electron chi connectivity index (χ0n) is 15.6. The summed E-state index contributed by atoms with van der Waals surface area (Å²) in [7, 11) is 0. The minimum Gasteiger partial charge on any atom is -0.301 e. The quantitative estimate of drug-likeness (QED) is 0.670. The fourth-order valence-corrected chi connectivity index (χ4v) is 4.02. The Morgan fingerprint density at radius 1 is 1.21 bits per heavy atom. The maximum atomic E-state index is 14.1. The third-order valence-electron chi connectivity index (χ3n) is 5.32. The van der Waals surface area contributed by atoms with Gasteiger partial charge in [-0.3, -0.25) is 9.69 Å². The minimum atomic E-state index is -0.341. The van der Waals surface area contributed by atoms with Crippen LogP contribution < -0.4 is 0 Å². The largest absolute Gasteiger partial charge is 0.301 e. The highest BCUT2D eigenvalue weighted by Gasteiger charge is 2.27. The van der Waals surface area contributed by atoms with Gasteiger partial charge in [0.15, 0.2) is 5.78 Å². The van der Waals surface area contributed by atoms with Gasteiger partial charge < -0.3 is 4.90 Å². The molecule has 0 amide bonds. The smallest absolute Gasteiger partial charge is 0.162 e. The lowest BCUT2D eigenvalue weighted by Gasteiger charge is -2.40. The van der Waals surface area contributed by atoms with E-state index in [0.29, 0.717) is 0 Å². The Morgan fingerprint density at radius 2 is 1.83 bits per heavy atom. The van der Waals surface area contributed by atoms with Crippen molar-refractivity contribution in [3.8, 4) is 0 Å². The van der Waals surface area contributed by atoms with Gasteiger partial charge in [-0.2, -0.15) is 0 Å². The van der Waals surface area contributed by atoms with E-state index in [1.54, 1.807) is 12.2 Å². The first-order valence-corrected chi connectivity index (χ1v) is 9.60. The van der Waals surface area contributed by atoms with Crippen molar-refractivity contribution in [2.24, 2.45) is 5.92 Å². The molecule has 1 saturated heterocycles. The number of piperazine rings is 1. The number of carbonyl (C=O) groups excluding carboxylic acids is 1. The molecule has 24 heavy (non-hydrogen) atoms. The highest BCUT2D eigenvalue weighted by atomic mass is 19.1. The lowest BCUT2D eigenvalue weighted by atomic mass is 9.96. The van der Waals surface area contributed by atoms with E-state index in [1.807, 2.05) is 0 Å². The van der Waals surface area contributed by atoms with Crippen LogP contribution in [0.25, 0.3) is 0 Å². The van der Waals surface area contributed by atoms with Crippen LogP contribution in [-0.4, -0.2) is 54.3 Å². The van der Waals surface area contributed by atoms with Gasteiger partial charge in [0.2, 0.25) is 0 Å². The SMILES string of the molecule is CCCC(CCC)CN1CCN([C@H]2C=C(F)C(C(C)=O)=CC2)CC1. The predicted octanol–water partition coefficient (Wildman–Crippen LogP) is 3.96. The summed E-state index contributed by atoms with van der Waals surface area (Å²) in [6.07, 6.45) is 9.34. The third kappa shape index (κ3) is 5.25. The predicted molar refractivity (Wildman–Crippen MR) is 97.7 cm³/mol. The van der Waals surface area contributed by atoms with Crippen LogP contribution in [0.3, 0.4) is 0 Å². The minimum absolute atomic E-state index is 0.109. The zero-order valence-corrected chi connectivity index (χ0v) is 15.6. The van der Waals surface area contributed by atoms with E-state index in [2.05, 4.69) is 23.6 Å². The first kappa shape index (κ1) is 19.3. The molecule has 136 valence electrons. The van der Waals surface area contributed by atoms with Gasteiger partial charge in [-0.05, 0) is 38.2 Å². The number of hydrogen-bond donors (Lipinski definition) is 0. The number of nitrogens with zero attached hydrogens (tertiary/aromatic N) is 2. The maximum Gasteiger partial charge on any atom is 0.162 e. The molecule has 0 saturated carbocycles. The van der Waals surface area contributed by atoms with E-state index in [0.717, 1.165) is 38.5 Å². The molecule has 0 unspecified atom stereocenters.